The number of hydrogen-bond donors (Lipinski definition) is 0. The molecule has 0 aliphatic carbocycles. The van der Waals surface area contributed by atoms with Crippen molar-refractivity contribution in [1.82, 2.24) is 0 Å². The average Bonchev–Trinajstić information content (AvgIpc) is 2.39. The van der Waals surface area contributed by atoms with E-state index in [4.69, 9.17) is 27.9 Å². The van der Waals surface area contributed by atoms with E-state index in [0.717, 1.165) is 10.6 Å². The van der Waals surface area contributed by atoms with Gasteiger partial charge in [-0.2, -0.15) is 0 Å². The normalized spacial score (nSPS) is 12.3. The zero-order chi connectivity index (χ0) is 13.9. The fourth-order valence-electron chi connectivity index (χ4n) is 1.77. The summed E-state index contributed by atoms with van der Waals surface area (Å²) in [5.41, 5.74) is 0. The zero-order valence-corrected chi connectivity index (χ0v) is 14.3. The average molecular weight is 326 g/mol. The van der Waals surface area contributed by atoms with Gasteiger partial charge in [0.25, 0.3) is 0 Å². The summed E-state index contributed by atoms with van der Waals surface area (Å²) in [6.45, 7) is 3.96. The first kappa shape index (κ1) is 15.1. The highest BCUT2D eigenvalue weighted by Gasteiger charge is 2.26. The first-order valence-electron chi connectivity index (χ1n) is 5.89. The first-order valence-corrected chi connectivity index (χ1v) is 12.2. The van der Waals surface area contributed by atoms with E-state index >= 15 is 0 Å². The van der Waals surface area contributed by atoms with E-state index < -0.39 is 12.5 Å². The van der Waals surface area contributed by atoms with Crippen LogP contribution in [0.3, 0.4) is 0 Å². The van der Waals surface area contributed by atoms with Gasteiger partial charge in [0.15, 0.2) is 0 Å². The van der Waals surface area contributed by atoms with E-state index in [0.29, 0.717) is 0 Å². The molecular formula is C14H16OP2S2. The molecule has 0 saturated carbocycles. The molecule has 2 aromatic carbocycles. The van der Waals surface area contributed by atoms with Crippen molar-refractivity contribution < 1.29 is 4.31 Å². The van der Waals surface area contributed by atoms with Crippen LogP contribution in [-0.4, -0.2) is 13.3 Å². The molecule has 2 aromatic rings. The molecule has 0 amide bonds. The maximum Gasteiger partial charge on any atom is 0.128 e. The molecule has 0 N–H and O–H groups in total. The molecule has 0 spiro atoms. The molecule has 19 heavy (non-hydrogen) atoms. The van der Waals surface area contributed by atoms with Crippen LogP contribution in [0.4, 0.5) is 0 Å². The smallest absolute Gasteiger partial charge is 0.128 e. The molecule has 0 unspecified atom stereocenters. The molecule has 0 heterocycles. The second kappa shape index (κ2) is 5.99. The summed E-state index contributed by atoms with van der Waals surface area (Å²) >= 11 is 11.4. The lowest BCUT2D eigenvalue weighted by Crippen LogP contribution is -2.16. The van der Waals surface area contributed by atoms with Crippen molar-refractivity contribution in [2.45, 2.75) is 0 Å². The second-order valence-electron chi connectivity index (χ2n) is 4.56. The molecule has 1 nitrogen and oxygen atoms in total. The number of hydrogen-bond acceptors (Lipinski definition) is 3. The van der Waals surface area contributed by atoms with Gasteiger partial charge in [0.1, 0.15) is 6.26 Å². The molecule has 0 saturated heterocycles. The molecule has 0 fully saturated rings. The third-order valence-electron chi connectivity index (χ3n) is 2.50. The van der Waals surface area contributed by atoms with Gasteiger partial charge in [0.05, 0.1) is 6.26 Å². The second-order valence-corrected chi connectivity index (χ2v) is 14.0. The fraction of sp³-hybridized carbons (Fsp3) is 0.143. The molecule has 0 atom stereocenters. The van der Waals surface area contributed by atoms with Crippen molar-refractivity contribution in [2.75, 3.05) is 13.3 Å². The van der Waals surface area contributed by atoms with Gasteiger partial charge in [-0.1, -0.05) is 84.3 Å². The molecule has 5 heteroatoms. The molecule has 2 rings (SSSR count). The summed E-state index contributed by atoms with van der Waals surface area (Å²) in [5, 5.41) is 2.13. The van der Waals surface area contributed by atoms with Crippen LogP contribution in [0.1, 0.15) is 0 Å². The number of rotatable bonds is 4. The van der Waals surface area contributed by atoms with Crippen LogP contribution in [-0.2, 0) is 27.9 Å². The van der Waals surface area contributed by atoms with Crippen LogP contribution in [0.15, 0.2) is 60.7 Å². The minimum Gasteiger partial charge on any atom is -0.312 e. The molecular weight excluding hydrogens is 310 g/mol. The minimum absolute atomic E-state index is 1.06. The van der Waals surface area contributed by atoms with Crippen molar-refractivity contribution in [1.29, 1.82) is 0 Å². The van der Waals surface area contributed by atoms with Gasteiger partial charge in [-0.3, -0.25) is 0 Å². The molecule has 0 bridgehead atoms. The lowest BCUT2D eigenvalue weighted by Gasteiger charge is -2.27. The summed E-state index contributed by atoms with van der Waals surface area (Å²) in [6, 6.07) is 20.1. The molecule has 0 aromatic heterocycles. The molecule has 0 aliphatic rings. The van der Waals surface area contributed by atoms with E-state index in [-0.39, 0.29) is 0 Å². The van der Waals surface area contributed by atoms with Crippen LogP contribution < -0.4 is 10.6 Å². The van der Waals surface area contributed by atoms with Crippen LogP contribution >= 0.6 is 12.5 Å². The maximum atomic E-state index is 6.25. The fourth-order valence-corrected chi connectivity index (χ4v) is 9.68. The Bertz CT molecular complexity index is 592. The van der Waals surface area contributed by atoms with Gasteiger partial charge in [0, 0.05) is 10.6 Å². The summed E-state index contributed by atoms with van der Waals surface area (Å²) in [7, 11) is 0. The number of benzene rings is 2. The van der Waals surface area contributed by atoms with Gasteiger partial charge in [-0.25, -0.2) is 0 Å². The maximum absolute atomic E-state index is 6.25. The van der Waals surface area contributed by atoms with Gasteiger partial charge >= 0.3 is 0 Å². The van der Waals surface area contributed by atoms with Crippen molar-refractivity contribution in [3.8, 4) is 0 Å². The monoisotopic (exact) mass is 326 g/mol. The van der Waals surface area contributed by atoms with Gasteiger partial charge in [0.2, 0.25) is 0 Å². The topological polar surface area (TPSA) is 9.23 Å². The van der Waals surface area contributed by atoms with E-state index in [2.05, 4.69) is 0 Å². The van der Waals surface area contributed by atoms with Crippen LogP contribution in [0.5, 0.6) is 0 Å². The van der Waals surface area contributed by atoms with E-state index in [1.54, 1.807) is 0 Å². The first-order chi connectivity index (χ1) is 8.92. The van der Waals surface area contributed by atoms with Crippen molar-refractivity contribution in [3.05, 3.63) is 60.7 Å². The van der Waals surface area contributed by atoms with Gasteiger partial charge in [-0.05, 0) is 13.3 Å². The predicted molar refractivity (Wildman–Crippen MR) is 93.7 cm³/mol. The lowest BCUT2D eigenvalue weighted by atomic mass is 10.4. The summed E-state index contributed by atoms with van der Waals surface area (Å²) in [6.07, 6.45) is -4.11. The van der Waals surface area contributed by atoms with Crippen molar-refractivity contribution >= 4 is 46.8 Å². The molecule has 0 radical (unpaired) electrons. The highest BCUT2D eigenvalue weighted by Crippen LogP contribution is 2.58. The predicted octanol–water partition coefficient (Wildman–Crippen LogP) is 3.70. The highest BCUT2D eigenvalue weighted by molar-refractivity contribution is 8.24. The Labute approximate surface area is 125 Å². The summed E-state index contributed by atoms with van der Waals surface area (Å²) in [4.78, 5) is 0. The molecule has 0 aliphatic heterocycles. The third-order valence-corrected chi connectivity index (χ3v) is 9.42. The lowest BCUT2D eigenvalue weighted by molar-refractivity contribution is 0.707. The van der Waals surface area contributed by atoms with Gasteiger partial charge < -0.3 is 4.31 Å². The summed E-state index contributed by atoms with van der Waals surface area (Å²) in [5.74, 6) is 0. The summed E-state index contributed by atoms with van der Waals surface area (Å²) < 4.78 is 6.25. The Hall–Kier alpha value is -0.300. The Morgan fingerprint density at radius 1 is 0.737 bits per heavy atom. The van der Waals surface area contributed by atoms with E-state index in [1.807, 2.05) is 74.0 Å². The molecule has 100 valence electrons. The largest absolute Gasteiger partial charge is 0.312 e. The SMILES string of the molecule is CP(C)(=S)OP(=S)(c1ccccc1)c1ccccc1. The Balaban J connectivity index is 2.58. The van der Waals surface area contributed by atoms with Crippen LogP contribution in [0.25, 0.3) is 0 Å². The minimum atomic E-state index is -2.27. The van der Waals surface area contributed by atoms with Crippen molar-refractivity contribution in [2.24, 2.45) is 0 Å². The van der Waals surface area contributed by atoms with Crippen LogP contribution in [0.2, 0.25) is 0 Å². The Kier molecular flexibility index (Phi) is 4.76. The Morgan fingerprint density at radius 2 is 1.11 bits per heavy atom. The van der Waals surface area contributed by atoms with E-state index in [9.17, 15) is 0 Å². The third kappa shape index (κ3) is 3.84. The van der Waals surface area contributed by atoms with E-state index in [1.165, 1.54) is 0 Å². The quantitative estimate of drug-likeness (QED) is 0.793. The Morgan fingerprint density at radius 3 is 1.42 bits per heavy atom. The highest BCUT2D eigenvalue weighted by atomic mass is 32.5. The van der Waals surface area contributed by atoms with Crippen LogP contribution in [0, 0.1) is 0 Å². The zero-order valence-electron chi connectivity index (χ0n) is 10.9. The van der Waals surface area contributed by atoms with Gasteiger partial charge in [-0.15, -0.1) is 0 Å². The standard InChI is InChI=1S/C14H16OP2S2/c1-16(2,18)15-17(19,13-9-5-3-6-10-13)14-11-7-4-8-12-14/h3-12H,1-2H3. The van der Waals surface area contributed by atoms with Crippen molar-refractivity contribution in [3.63, 3.8) is 0 Å².